The molecular weight excluding hydrogens is 202 g/mol. The normalized spacial score (nSPS) is 30.1. The molecule has 4 nitrogen and oxygen atoms in total. The van der Waals surface area contributed by atoms with E-state index < -0.39 is 0 Å². The van der Waals surface area contributed by atoms with Crippen molar-refractivity contribution in [2.75, 3.05) is 13.1 Å². The molecule has 0 radical (unpaired) electrons. The SMILES string of the molecule is CCC1CCC(CN)(N(CC)C(N)=O)CC1. The minimum absolute atomic E-state index is 0.174. The van der Waals surface area contributed by atoms with Gasteiger partial charge in [-0.2, -0.15) is 0 Å². The molecule has 16 heavy (non-hydrogen) atoms. The Morgan fingerprint density at radius 3 is 2.25 bits per heavy atom. The number of rotatable bonds is 4. The van der Waals surface area contributed by atoms with Gasteiger partial charge in [-0.25, -0.2) is 4.79 Å². The van der Waals surface area contributed by atoms with Crippen LogP contribution in [0.3, 0.4) is 0 Å². The third-order valence-electron chi connectivity index (χ3n) is 4.15. The van der Waals surface area contributed by atoms with E-state index in [9.17, 15) is 4.79 Å². The van der Waals surface area contributed by atoms with Crippen LogP contribution in [0.25, 0.3) is 0 Å². The minimum Gasteiger partial charge on any atom is -0.351 e. The number of nitrogens with zero attached hydrogens (tertiary/aromatic N) is 1. The Hall–Kier alpha value is -0.770. The fourth-order valence-corrected chi connectivity index (χ4v) is 2.93. The van der Waals surface area contributed by atoms with E-state index >= 15 is 0 Å². The maximum atomic E-state index is 11.4. The molecule has 1 aliphatic carbocycles. The first-order valence-electron chi connectivity index (χ1n) is 6.36. The van der Waals surface area contributed by atoms with Gasteiger partial charge < -0.3 is 16.4 Å². The van der Waals surface area contributed by atoms with Crippen LogP contribution in [-0.4, -0.2) is 29.6 Å². The van der Waals surface area contributed by atoms with Gasteiger partial charge >= 0.3 is 6.03 Å². The van der Waals surface area contributed by atoms with Crippen LogP contribution in [0.4, 0.5) is 4.79 Å². The summed E-state index contributed by atoms with van der Waals surface area (Å²) >= 11 is 0. The summed E-state index contributed by atoms with van der Waals surface area (Å²) in [5.41, 5.74) is 11.2. The zero-order chi connectivity index (χ0) is 12.2. The van der Waals surface area contributed by atoms with Gasteiger partial charge in [0.15, 0.2) is 0 Å². The highest BCUT2D eigenvalue weighted by Crippen LogP contribution is 2.37. The molecule has 1 rings (SSSR count). The largest absolute Gasteiger partial charge is 0.351 e. The summed E-state index contributed by atoms with van der Waals surface area (Å²) in [6.45, 7) is 5.38. The highest BCUT2D eigenvalue weighted by molar-refractivity contribution is 5.73. The second-order valence-corrected chi connectivity index (χ2v) is 4.86. The van der Waals surface area contributed by atoms with Gasteiger partial charge in [-0.3, -0.25) is 0 Å². The Labute approximate surface area is 98.3 Å². The zero-order valence-corrected chi connectivity index (χ0v) is 10.5. The molecule has 4 N–H and O–H groups in total. The van der Waals surface area contributed by atoms with Gasteiger partial charge in [-0.05, 0) is 38.5 Å². The highest BCUT2D eigenvalue weighted by atomic mass is 16.2. The van der Waals surface area contributed by atoms with Crippen LogP contribution in [0.1, 0.15) is 46.0 Å². The monoisotopic (exact) mass is 227 g/mol. The molecule has 0 aromatic heterocycles. The van der Waals surface area contributed by atoms with E-state index in [1.165, 1.54) is 6.42 Å². The summed E-state index contributed by atoms with van der Waals surface area (Å²) in [4.78, 5) is 13.2. The second kappa shape index (κ2) is 5.53. The third kappa shape index (κ3) is 2.48. The van der Waals surface area contributed by atoms with Crippen molar-refractivity contribution < 1.29 is 4.79 Å². The van der Waals surface area contributed by atoms with Crippen LogP contribution in [0.15, 0.2) is 0 Å². The standard InChI is InChI=1S/C12H25N3O/c1-3-10-5-7-12(9-13,8-6-10)15(4-2)11(14)16/h10H,3-9,13H2,1-2H3,(H2,14,16). The van der Waals surface area contributed by atoms with Crippen molar-refractivity contribution in [2.24, 2.45) is 17.4 Å². The van der Waals surface area contributed by atoms with Gasteiger partial charge in [0.2, 0.25) is 0 Å². The summed E-state index contributed by atoms with van der Waals surface area (Å²) in [6.07, 6.45) is 5.55. The number of carbonyl (C=O) groups excluding carboxylic acids is 1. The first-order chi connectivity index (χ1) is 7.59. The van der Waals surface area contributed by atoms with E-state index in [0.717, 1.165) is 31.6 Å². The Balaban J connectivity index is 2.75. The number of hydrogen-bond donors (Lipinski definition) is 2. The molecular formula is C12H25N3O. The molecule has 0 spiro atoms. The topological polar surface area (TPSA) is 72.3 Å². The van der Waals surface area contributed by atoms with Gasteiger partial charge in [0.1, 0.15) is 0 Å². The predicted molar refractivity (Wildman–Crippen MR) is 66.0 cm³/mol. The van der Waals surface area contributed by atoms with Crippen LogP contribution in [0.5, 0.6) is 0 Å². The van der Waals surface area contributed by atoms with Crippen molar-refractivity contribution in [1.29, 1.82) is 0 Å². The highest BCUT2D eigenvalue weighted by Gasteiger charge is 2.39. The van der Waals surface area contributed by atoms with E-state index in [0.29, 0.717) is 13.1 Å². The van der Waals surface area contributed by atoms with Gasteiger partial charge in [0.25, 0.3) is 0 Å². The van der Waals surface area contributed by atoms with E-state index in [1.807, 2.05) is 6.92 Å². The summed E-state index contributed by atoms with van der Waals surface area (Å²) in [5, 5.41) is 0. The Morgan fingerprint density at radius 1 is 1.38 bits per heavy atom. The average molecular weight is 227 g/mol. The summed E-state index contributed by atoms with van der Waals surface area (Å²) < 4.78 is 0. The van der Waals surface area contributed by atoms with Gasteiger partial charge in [-0.1, -0.05) is 13.3 Å². The minimum atomic E-state index is -0.331. The molecule has 1 aliphatic rings. The van der Waals surface area contributed by atoms with Crippen molar-refractivity contribution in [3.8, 4) is 0 Å². The first kappa shape index (κ1) is 13.3. The molecule has 0 aliphatic heterocycles. The summed E-state index contributed by atoms with van der Waals surface area (Å²) in [5.74, 6) is 0.797. The van der Waals surface area contributed by atoms with Crippen LogP contribution in [-0.2, 0) is 0 Å². The smallest absolute Gasteiger partial charge is 0.315 e. The lowest BCUT2D eigenvalue weighted by Crippen LogP contribution is -2.59. The number of urea groups is 1. The van der Waals surface area contributed by atoms with Crippen molar-refractivity contribution in [1.82, 2.24) is 4.90 Å². The lowest BCUT2D eigenvalue weighted by Gasteiger charge is -2.46. The van der Waals surface area contributed by atoms with Crippen molar-refractivity contribution in [3.63, 3.8) is 0 Å². The maximum absolute atomic E-state index is 11.4. The van der Waals surface area contributed by atoms with Crippen molar-refractivity contribution in [3.05, 3.63) is 0 Å². The Kier molecular flexibility index (Phi) is 4.59. The van der Waals surface area contributed by atoms with E-state index in [2.05, 4.69) is 6.92 Å². The third-order valence-corrected chi connectivity index (χ3v) is 4.15. The number of amides is 2. The molecule has 1 saturated carbocycles. The summed E-state index contributed by atoms with van der Waals surface area (Å²) in [6, 6.07) is -0.331. The molecule has 94 valence electrons. The zero-order valence-electron chi connectivity index (χ0n) is 10.5. The molecule has 0 saturated heterocycles. The Morgan fingerprint density at radius 2 is 1.94 bits per heavy atom. The average Bonchev–Trinajstić information content (AvgIpc) is 2.30. The summed E-state index contributed by atoms with van der Waals surface area (Å²) in [7, 11) is 0. The number of likely N-dealkylation sites (N-methyl/N-ethyl adjacent to an activating group) is 1. The molecule has 0 unspecified atom stereocenters. The molecule has 0 heterocycles. The van der Waals surface area contributed by atoms with Gasteiger partial charge in [0.05, 0.1) is 5.54 Å². The lowest BCUT2D eigenvalue weighted by molar-refractivity contribution is 0.0759. The molecule has 0 atom stereocenters. The van der Waals surface area contributed by atoms with Crippen LogP contribution >= 0.6 is 0 Å². The van der Waals surface area contributed by atoms with Crippen molar-refractivity contribution >= 4 is 6.03 Å². The molecule has 0 bridgehead atoms. The van der Waals surface area contributed by atoms with Gasteiger partial charge in [0, 0.05) is 13.1 Å². The van der Waals surface area contributed by atoms with Gasteiger partial charge in [-0.15, -0.1) is 0 Å². The Bertz CT molecular complexity index is 234. The molecule has 2 amide bonds. The lowest BCUT2D eigenvalue weighted by atomic mass is 9.74. The molecule has 1 fully saturated rings. The number of carbonyl (C=O) groups is 1. The molecule has 0 aromatic rings. The number of nitrogens with two attached hydrogens (primary N) is 2. The molecule has 4 heteroatoms. The van der Waals surface area contributed by atoms with E-state index in [-0.39, 0.29) is 11.6 Å². The molecule has 0 aromatic carbocycles. The fourth-order valence-electron chi connectivity index (χ4n) is 2.93. The number of primary amides is 1. The van der Waals surface area contributed by atoms with Crippen molar-refractivity contribution in [2.45, 2.75) is 51.5 Å². The van der Waals surface area contributed by atoms with Crippen LogP contribution < -0.4 is 11.5 Å². The van der Waals surface area contributed by atoms with E-state index in [4.69, 9.17) is 11.5 Å². The first-order valence-corrected chi connectivity index (χ1v) is 6.36. The van der Waals surface area contributed by atoms with E-state index in [1.54, 1.807) is 4.90 Å². The maximum Gasteiger partial charge on any atom is 0.315 e. The fraction of sp³-hybridized carbons (Fsp3) is 0.917. The van der Waals surface area contributed by atoms with Crippen LogP contribution in [0.2, 0.25) is 0 Å². The quantitative estimate of drug-likeness (QED) is 0.767. The number of hydrogen-bond acceptors (Lipinski definition) is 2. The van der Waals surface area contributed by atoms with Crippen LogP contribution in [0, 0.1) is 5.92 Å². The second-order valence-electron chi connectivity index (χ2n) is 4.86. The predicted octanol–water partition coefficient (Wildman–Crippen LogP) is 1.68.